The highest BCUT2D eigenvalue weighted by Gasteiger charge is 2.46. The van der Waals surface area contributed by atoms with Gasteiger partial charge >= 0.3 is 0 Å². The molecule has 120 valence electrons. The van der Waals surface area contributed by atoms with Crippen molar-refractivity contribution < 1.29 is 9.53 Å². The Morgan fingerprint density at radius 3 is 2.91 bits per heavy atom. The fraction of sp³-hybridized carbons (Fsp3) is 0.444. The number of carbonyl (C=O) groups is 1. The molecule has 23 heavy (non-hydrogen) atoms. The number of carbonyl (C=O) groups excluding carboxylic acids is 1. The zero-order valence-electron chi connectivity index (χ0n) is 13.1. The first-order valence-electron chi connectivity index (χ1n) is 8.09. The van der Waals surface area contributed by atoms with Gasteiger partial charge in [0.05, 0.1) is 17.8 Å². The van der Waals surface area contributed by atoms with Crippen molar-refractivity contribution in [2.24, 2.45) is 5.92 Å². The second kappa shape index (κ2) is 6.06. The lowest BCUT2D eigenvalue weighted by Crippen LogP contribution is -2.42. The first kappa shape index (κ1) is 14.8. The molecule has 0 saturated carbocycles. The summed E-state index contributed by atoms with van der Waals surface area (Å²) in [4.78, 5) is 20.1. The maximum Gasteiger partial charge on any atom is 0.266 e. The number of nitrogens with zero attached hydrogens (tertiary/aromatic N) is 2. The van der Waals surface area contributed by atoms with E-state index in [1.807, 2.05) is 13.0 Å². The van der Waals surface area contributed by atoms with E-state index in [9.17, 15) is 4.79 Å². The summed E-state index contributed by atoms with van der Waals surface area (Å²) in [5, 5.41) is 0. The monoisotopic (exact) mass is 328 g/mol. The van der Waals surface area contributed by atoms with E-state index in [1.165, 1.54) is 16.9 Å². The lowest BCUT2D eigenvalue weighted by Gasteiger charge is -2.32. The van der Waals surface area contributed by atoms with Gasteiger partial charge in [-0.2, -0.15) is 0 Å². The highest BCUT2D eigenvalue weighted by molar-refractivity contribution is 7.11. The van der Waals surface area contributed by atoms with Crippen molar-refractivity contribution in [3.05, 3.63) is 52.0 Å². The standard InChI is InChI=1S/C18H20N2O2S/c1-12-17(23-11-19-12)18(21)20-9-14(13-5-3-2-4-6-13)15-10-22-8-7-16(15)20/h2-6,11,14-16H,7-10H2,1H3/t14-,15+,16+/m1/s1. The number of rotatable bonds is 2. The first-order valence-corrected chi connectivity index (χ1v) is 8.97. The van der Waals surface area contributed by atoms with Crippen LogP contribution in [0.2, 0.25) is 0 Å². The molecule has 2 saturated heterocycles. The van der Waals surface area contributed by atoms with Crippen molar-refractivity contribution in [1.82, 2.24) is 9.88 Å². The third-order valence-electron chi connectivity index (χ3n) is 5.10. The van der Waals surface area contributed by atoms with Gasteiger partial charge in [-0.15, -0.1) is 11.3 Å². The number of aryl methyl sites for hydroxylation is 1. The lowest BCUT2D eigenvalue weighted by molar-refractivity contribution is 0.0190. The number of likely N-dealkylation sites (tertiary alicyclic amines) is 1. The maximum atomic E-state index is 13.0. The average molecular weight is 328 g/mol. The zero-order valence-corrected chi connectivity index (χ0v) is 14.0. The number of thiazole rings is 1. The number of ether oxygens (including phenoxy) is 1. The summed E-state index contributed by atoms with van der Waals surface area (Å²) in [6, 6.07) is 10.8. The summed E-state index contributed by atoms with van der Waals surface area (Å²) >= 11 is 1.45. The molecule has 2 aromatic rings. The molecule has 0 N–H and O–H groups in total. The molecule has 0 spiro atoms. The van der Waals surface area contributed by atoms with Crippen LogP contribution in [-0.4, -0.2) is 41.6 Å². The van der Waals surface area contributed by atoms with Gasteiger partial charge < -0.3 is 9.64 Å². The summed E-state index contributed by atoms with van der Waals surface area (Å²) in [6.45, 7) is 4.18. The van der Waals surface area contributed by atoms with E-state index in [2.05, 4.69) is 34.1 Å². The van der Waals surface area contributed by atoms with Crippen LogP contribution in [-0.2, 0) is 4.74 Å². The number of benzene rings is 1. The Morgan fingerprint density at radius 2 is 2.17 bits per heavy atom. The molecule has 2 aliphatic heterocycles. The van der Waals surface area contributed by atoms with E-state index >= 15 is 0 Å². The van der Waals surface area contributed by atoms with Gasteiger partial charge in [-0.3, -0.25) is 4.79 Å². The number of fused-ring (bicyclic) bond motifs is 1. The largest absolute Gasteiger partial charge is 0.381 e. The van der Waals surface area contributed by atoms with Crippen LogP contribution in [0, 0.1) is 12.8 Å². The van der Waals surface area contributed by atoms with E-state index in [0.717, 1.165) is 36.8 Å². The fourth-order valence-corrected chi connectivity index (χ4v) is 4.68. The summed E-state index contributed by atoms with van der Waals surface area (Å²) < 4.78 is 5.73. The summed E-state index contributed by atoms with van der Waals surface area (Å²) in [5.41, 5.74) is 3.91. The number of amides is 1. The predicted molar refractivity (Wildman–Crippen MR) is 89.8 cm³/mol. The Balaban J connectivity index is 1.66. The second-order valence-corrected chi connectivity index (χ2v) is 7.19. The van der Waals surface area contributed by atoms with Crippen LogP contribution < -0.4 is 0 Å². The molecule has 2 fully saturated rings. The van der Waals surface area contributed by atoms with Crippen molar-refractivity contribution in [2.75, 3.05) is 19.8 Å². The number of hydrogen-bond acceptors (Lipinski definition) is 4. The van der Waals surface area contributed by atoms with Crippen molar-refractivity contribution in [3.63, 3.8) is 0 Å². The van der Waals surface area contributed by atoms with E-state index in [-0.39, 0.29) is 11.9 Å². The molecule has 4 rings (SSSR count). The molecule has 0 aliphatic carbocycles. The molecule has 3 atom stereocenters. The third kappa shape index (κ3) is 2.58. The molecule has 3 heterocycles. The van der Waals surface area contributed by atoms with Crippen molar-refractivity contribution in [2.45, 2.75) is 25.3 Å². The van der Waals surface area contributed by atoms with Gasteiger partial charge in [-0.25, -0.2) is 4.98 Å². The topological polar surface area (TPSA) is 42.4 Å². The van der Waals surface area contributed by atoms with Crippen LogP contribution in [0.25, 0.3) is 0 Å². The van der Waals surface area contributed by atoms with Gasteiger partial charge in [-0.1, -0.05) is 30.3 Å². The van der Waals surface area contributed by atoms with Gasteiger partial charge in [0.1, 0.15) is 4.88 Å². The third-order valence-corrected chi connectivity index (χ3v) is 6.02. The summed E-state index contributed by atoms with van der Waals surface area (Å²) in [5.74, 6) is 0.891. The lowest BCUT2D eigenvalue weighted by atomic mass is 9.84. The zero-order chi connectivity index (χ0) is 15.8. The van der Waals surface area contributed by atoms with Crippen LogP contribution in [0.15, 0.2) is 35.8 Å². The minimum absolute atomic E-state index is 0.139. The molecule has 1 amide bonds. The van der Waals surface area contributed by atoms with Crippen LogP contribution in [0.4, 0.5) is 0 Å². The van der Waals surface area contributed by atoms with Crippen molar-refractivity contribution in [3.8, 4) is 0 Å². The molecule has 1 aromatic heterocycles. The molecule has 4 nitrogen and oxygen atoms in total. The first-order chi connectivity index (χ1) is 11.3. The van der Waals surface area contributed by atoms with Gasteiger partial charge in [0, 0.05) is 31.0 Å². The molecule has 5 heteroatoms. The molecule has 0 bridgehead atoms. The van der Waals surface area contributed by atoms with E-state index < -0.39 is 0 Å². The highest BCUT2D eigenvalue weighted by Crippen LogP contribution is 2.41. The molecule has 0 radical (unpaired) electrons. The molecule has 1 aromatic carbocycles. The quantitative estimate of drug-likeness (QED) is 0.851. The summed E-state index contributed by atoms with van der Waals surface area (Å²) in [7, 11) is 0. The summed E-state index contributed by atoms with van der Waals surface area (Å²) in [6.07, 6.45) is 0.928. The predicted octanol–water partition coefficient (Wildman–Crippen LogP) is 3.10. The van der Waals surface area contributed by atoms with E-state index in [1.54, 1.807) is 5.51 Å². The van der Waals surface area contributed by atoms with Gasteiger partial charge in [0.25, 0.3) is 5.91 Å². The van der Waals surface area contributed by atoms with Gasteiger partial charge in [0.2, 0.25) is 0 Å². The molecule has 2 aliphatic rings. The molecule has 0 unspecified atom stereocenters. The van der Waals surface area contributed by atoms with Crippen LogP contribution >= 0.6 is 11.3 Å². The fourth-order valence-electron chi connectivity index (χ4n) is 3.93. The minimum Gasteiger partial charge on any atom is -0.381 e. The minimum atomic E-state index is 0.139. The molecular formula is C18H20N2O2S. The number of hydrogen-bond donors (Lipinski definition) is 0. The Labute approximate surface area is 140 Å². The second-order valence-electron chi connectivity index (χ2n) is 6.34. The Kier molecular flexibility index (Phi) is 3.91. The van der Waals surface area contributed by atoms with Crippen LogP contribution in [0.5, 0.6) is 0 Å². The average Bonchev–Trinajstić information content (AvgIpc) is 3.19. The highest BCUT2D eigenvalue weighted by atomic mass is 32.1. The normalized spacial score (nSPS) is 27.0. The van der Waals surface area contributed by atoms with Crippen LogP contribution in [0.3, 0.4) is 0 Å². The van der Waals surface area contributed by atoms with Crippen molar-refractivity contribution in [1.29, 1.82) is 0 Å². The molecular weight excluding hydrogens is 308 g/mol. The Morgan fingerprint density at radius 1 is 1.35 bits per heavy atom. The van der Waals surface area contributed by atoms with Gasteiger partial charge in [-0.05, 0) is 18.9 Å². The Bertz CT molecular complexity index is 700. The van der Waals surface area contributed by atoms with Gasteiger partial charge in [0.15, 0.2) is 0 Å². The smallest absolute Gasteiger partial charge is 0.266 e. The SMILES string of the molecule is Cc1ncsc1C(=O)N1C[C@H](c2ccccc2)[C@@H]2COCC[C@@H]21. The Hall–Kier alpha value is -1.72. The maximum absolute atomic E-state index is 13.0. The van der Waals surface area contributed by atoms with Crippen LogP contribution in [0.1, 0.15) is 33.3 Å². The van der Waals surface area contributed by atoms with E-state index in [4.69, 9.17) is 4.74 Å². The van der Waals surface area contributed by atoms with Crippen molar-refractivity contribution >= 4 is 17.2 Å². The van der Waals surface area contributed by atoms with E-state index in [0.29, 0.717) is 11.8 Å². The number of aromatic nitrogens is 1.